The Bertz CT molecular complexity index is 761. The number of aromatic nitrogens is 3. The van der Waals surface area contributed by atoms with Crippen LogP contribution in [0.3, 0.4) is 0 Å². The molecule has 0 spiro atoms. The van der Waals surface area contributed by atoms with Crippen LogP contribution in [0.25, 0.3) is 11.0 Å². The molecule has 0 saturated carbocycles. The molecule has 1 saturated heterocycles. The maximum absolute atomic E-state index is 12.5. The van der Waals surface area contributed by atoms with Gasteiger partial charge in [-0.25, -0.2) is 4.98 Å². The lowest BCUT2D eigenvalue weighted by atomic mass is 9.95. The van der Waals surface area contributed by atoms with Crippen LogP contribution < -0.4 is 0 Å². The summed E-state index contributed by atoms with van der Waals surface area (Å²) in [7, 11) is 3.88. The second-order valence-corrected chi connectivity index (χ2v) is 7.59. The molecule has 0 bridgehead atoms. The molecule has 2 aromatic rings. The lowest BCUT2D eigenvalue weighted by Gasteiger charge is -2.33. The van der Waals surface area contributed by atoms with Crippen molar-refractivity contribution >= 4 is 16.9 Å². The fourth-order valence-corrected chi connectivity index (χ4v) is 3.85. The summed E-state index contributed by atoms with van der Waals surface area (Å²) in [5, 5.41) is 5.58. The van der Waals surface area contributed by atoms with Crippen LogP contribution >= 0.6 is 0 Å². The first-order chi connectivity index (χ1) is 12.5. The van der Waals surface area contributed by atoms with Crippen LogP contribution in [0.5, 0.6) is 0 Å². The number of piperidine rings is 1. The highest BCUT2D eigenvalue weighted by Gasteiger charge is 2.27. The van der Waals surface area contributed by atoms with E-state index >= 15 is 0 Å². The Labute approximate surface area is 156 Å². The van der Waals surface area contributed by atoms with Crippen molar-refractivity contribution in [2.24, 2.45) is 13.0 Å². The van der Waals surface area contributed by atoms with Crippen molar-refractivity contribution in [3.8, 4) is 0 Å². The topological polar surface area (TPSA) is 54.3 Å². The summed E-state index contributed by atoms with van der Waals surface area (Å²) in [6.07, 6.45) is 6.09. The first-order valence-electron chi connectivity index (χ1n) is 9.75. The van der Waals surface area contributed by atoms with Crippen molar-refractivity contribution in [3.05, 3.63) is 23.5 Å². The minimum atomic E-state index is 0.189. The van der Waals surface area contributed by atoms with Crippen LogP contribution in [0.4, 0.5) is 0 Å². The van der Waals surface area contributed by atoms with Gasteiger partial charge in [0.15, 0.2) is 5.65 Å². The fourth-order valence-electron chi connectivity index (χ4n) is 3.85. The number of hydrogen-bond donors (Lipinski definition) is 0. The average molecular weight is 358 g/mol. The number of likely N-dealkylation sites (tertiary alicyclic amines) is 1. The first kappa shape index (κ1) is 18.8. The van der Waals surface area contributed by atoms with Crippen LogP contribution in [-0.4, -0.2) is 57.2 Å². The van der Waals surface area contributed by atoms with Gasteiger partial charge >= 0.3 is 0 Å². The number of rotatable bonds is 6. The van der Waals surface area contributed by atoms with E-state index in [9.17, 15) is 4.79 Å². The summed E-state index contributed by atoms with van der Waals surface area (Å²) in [5.74, 6) is 0.515. The SMILES string of the molecule is CCCCN(C)C(=O)C1CCN(Cc2cnc3c(c2)c(C)nn3C)CC1. The number of carbonyl (C=O) groups is 1. The van der Waals surface area contributed by atoms with Gasteiger partial charge in [0.2, 0.25) is 5.91 Å². The van der Waals surface area contributed by atoms with Gasteiger partial charge < -0.3 is 4.90 Å². The zero-order chi connectivity index (χ0) is 18.7. The van der Waals surface area contributed by atoms with E-state index < -0.39 is 0 Å². The molecule has 0 unspecified atom stereocenters. The van der Waals surface area contributed by atoms with Gasteiger partial charge in [-0.15, -0.1) is 0 Å². The maximum Gasteiger partial charge on any atom is 0.225 e. The molecule has 1 fully saturated rings. The first-order valence-corrected chi connectivity index (χ1v) is 9.75. The highest BCUT2D eigenvalue weighted by atomic mass is 16.2. The molecule has 0 aliphatic carbocycles. The number of aryl methyl sites for hydroxylation is 2. The third-order valence-electron chi connectivity index (χ3n) is 5.49. The maximum atomic E-state index is 12.5. The lowest BCUT2D eigenvalue weighted by Crippen LogP contribution is -2.41. The number of carbonyl (C=O) groups excluding carboxylic acids is 1. The standard InChI is InChI=1S/C20H31N5O/c1-5-6-9-23(3)20(26)17-7-10-25(11-8-17)14-16-12-18-15(2)22-24(4)19(18)21-13-16/h12-13,17H,5-11,14H2,1-4H3. The second-order valence-electron chi connectivity index (χ2n) is 7.59. The van der Waals surface area contributed by atoms with Gasteiger partial charge in [0.1, 0.15) is 0 Å². The van der Waals surface area contributed by atoms with Crippen molar-refractivity contribution in [1.82, 2.24) is 24.6 Å². The molecule has 1 aliphatic rings. The van der Waals surface area contributed by atoms with E-state index in [2.05, 4.69) is 28.0 Å². The van der Waals surface area contributed by atoms with Crippen LogP contribution in [0.2, 0.25) is 0 Å². The zero-order valence-electron chi connectivity index (χ0n) is 16.5. The minimum absolute atomic E-state index is 0.189. The molecule has 1 aliphatic heterocycles. The Kier molecular flexibility index (Phi) is 5.91. The van der Waals surface area contributed by atoms with Crippen molar-refractivity contribution in [3.63, 3.8) is 0 Å². The predicted molar refractivity (Wildman–Crippen MR) is 104 cm³/mol. The number of amides is 1. The van der Waals surface area contributed by atoms with Crippen molar-refractivity contribution in [2.75, 3.05) is 26.7 Å². The minimum Gasteiger partial charge on any atom is -0.346 e. The molecule has 0 atom stereocenters. The summed E-state index contributed by atoms with van der Waals surface area (Å²) >= 11 is 0. The largest absolute Gasteiger partial charge is 0.346 e. The van der Waals surface area contributed by atoms with E-state index in [0.29, 0.717) is 5.91 Å². The van der Waals surface area contributed by atoms with Gasteiger partial charge in [-0.3, -0.25) is 14.4 Å². The molecule has 3 rings (SSSR count). The molecular formula is C20H31N5O. The molecule has 0 aromatic carbocycles. The number of hydrogen-bond acceptors (Lipinski definition) is 4. The van der Waals surface area contributed by atoms with Crippen LogP contribution in [0.15, 0.2) is 12.3 Å². The van der Waals surface area contributed by atoms with Crippen LogP contribution in [0.1, 0.15) is 43.9 Å². The molecule has 6 nitrogen and oxygen atoms in total. The average Bonchev–Trinajstić information content (AvgIpc) is 2.93. The summed E-state index contributed by atoms with van der Waals surface area (Å²) in [6.45, 7) is 7.91. The third-order valence-corrected chi connectivity index (χ3v) is 5.49. The normalized spacial score (nSPS) is 16.3. The van der Waals surface area contributed by atoms with Gasteiger partial charge in [0, 0.05) is 44.7 Å². The highest BCUT2D eigenvalue weighted by molar-refractivity contribution is 5.79. The Morgan fingerprint density at radius 2 is 2.08 bits per heavy atom. The highest BCUT2D eigenvalue weighted by Crippen LogP contribution is 2.22. The number of nitrogens with zero attached hydrogens (tertiary/aromatic N) is 5. The summed E-state index contributed by atoms with van der Waals surface area (Å²) in [6, 6.07) is 2.21. The Balaban J connectivity index is 1.55. The van der Waals surface area contributed by atoms with E-state index in [-0.39, 0.29) is 5.92 Å². The van der Waals surface area contributed by atoms with Gasteiger partial charge in [0.25, 0.3) is 0 Å². The van der Waals surface area contributed by atoms with E-state index in [4.69, 9.17) is 0 Å². The number of pyridine rings is 1. The third kappa shape index (κ3) is 4.06. The number of fused-ring (bicyclic) bond motifs is 1. The van der Waals surface area contributed by atoms with E-state index in [1.807, 2.05) is 36.8 Å². The Hall–Kier alpha value is -1.95. The molecule has 142 valence electrons. The quantitative estimate of drug-likeness (QED) is 0.798. The summed E-state index contributed by atoms with van der Waals surface area (Å²) < 4.78 is 1.83. The smallest absolute Gasteiger partial charge is 0.225 e. The monoisotopic (exact) mass is 357 g/mol. The fraction of sp³-hybridized carbons (Fsp3) is 0.650. The molecule has 26 heavy (non-hydrogen) atoms. The molecule has 0 N–H and O–H groups in total. The summed E-state index contributed by atoms with van der Waals surface area (Å²) in [4.78, 5) is 21.5. The number of unbranched alkanes of at least 4 members (excludes halogenated alkanes) is 1. The van der Waals surface area contributed by atoms with Crippen molar-refractivity contribution < 1.29 is 4.79 Å². The second kappa shape index (κ2) is 8.16. The van der Waals surface area contributed by atoms with Gasteiger partial charge in [-0.05, 0) is 50.9 Å². The van der Waals surface area contributed by atoms with E-state index in [1.165, 1.54) is 5.56 Å². The molecule has 0 radical (unpaired) electrons. The van der Waals surface area contributed by atoms with E-state index in [1.54, 1.807) is 0 Å². The van der Waals surface area contributed by atoms with Gasteiger partial charge in [-0.2, -0.15) is 5.10 Å². The molecule has 6 heteroatoms. The molecular weight excluding hydrogens is 326 g/mol. The Morgan fingerprint density at radius 3 is 2.77 bits per heavy atom. The molecule has 1 amide bonds. The molecule has 3 heterocycles. The summed E-state index contributed by atoms with van der Waals surface area (Å²) in [5.41, 5.74) is 3.18. The van der Waals surface area contributed by atoms with Crippen LogP contribution in [0, 0.1) is 12.8 Å². The van der Waals surface area contributed by atoms with Crippen molar-refractivity contribution in [2.45, 2.75) is 46.1 Å². The van der Waals surface area contributed by atoms with Crippen LogP contribution in [-0.2, 0) is 18.4 Å². The van der Waals surface area contributed by atoms with Gasteiger partial charge in [0.05, 0.1) is 5.69 Å². The Morgan fingerprint density at radius 1 is 1.35 bits per heavy atom. The van der Waals surface area contributed by atoms with Crippen molar-refractivity contribution in [1.29, 1.82) is 0 Å². The van der Waals surface area contributed by atoms with E-state index in [0.717, 1.165) is 68.6 Å². The predicted octanol–water partition coefficient (Wildman–Crippen LogP) is 2.75. The molecule has 2 aromatic heterocycles. The zero-order valence-corrected chi connectivity index (χ0v) is 16.5. The lowest BCUT2D eigenvalue weighted by molar-refractivity contribution is -0.135. The van der Waals surface area contributed by atoms with Gasteiger partial charge in [-0.1, -0.05) is 13.3 Å².